The van der Waals surface area contributed by atoms with Crippen molar-refractivity contribution in [2.24, 2.45) is 0 Å². The van der Waals surface area contributed by atoms with E-state index in [2.05, 4.69) is 15.6 Å². The molecule has 1 aliphatic rings. The number of rotatable bonds is 6. The van der Waals surface area contributed by atoms with E-state index in [1.807, 2.05) is 24.3 Å². The maximum atomic E-state index is 12.1. The monoisotopic (exact) mass is 331 g/mol. The summed E-state index contributed by atoms with van der Waals surface area (Å²) < 4.78 is 5.09. The van der Waals surface area contributed by atoms with Crippen molar-refractivity contribution in [1.29, 1.82) is 0 Å². The molecule has 120 valence electrons. The number of methoxy groups -OCH3 is 1. The highest BCUT2D eigenvalue weighted by Gasteiger charge is 2.25. The normalized spacial score (nSPS) is 13.4. The van der Waals surface area contributed by atoms with Crippen LogP contribution >= 0.6 is 11.3 Å². The number of thiazole rings is 1. The fraction of sp³-hybridized carbons (Fsp3) is 0.312. The molecule has 1 heterocycles. The zero-order valence-corrected chi connectivity index (χ0v) is 13.5. The van der Waals surface area contributed by atoms with Gasteiger partial charge in [-0.2, -0.15) is 0 Å². The van der Waals surface area contributed by atoms with E-state index < -0.39 is 0 Å². The van der Waals surface area contributed by atoms with E-state index in [-0.39, 0.29) is 23.6 Å². The molecule has 2 aromatic rings. The molecule has 0 radical (unpaired) electrons. The van der Waals surface area contributed by atoms with Gasteiger partial charge in [-0.15, -0.1) is 11.3 Å². The molecule has 0 bridgehead atoms. The largest absolute Gasteiger partial charge is 0.497 e. The van der Waals surface area contributed by atoms with Crippen LogP contribution < -0.4 is 15.4 Å². The Bertz CT molecular complexity index is 708. The van der Waals surface area contributed by atoms with Crippen LogP contribution in [0.5, 0.6) is 5.75 Å². The van der Waals surface area contributed by atoms with E-state index >= 15 is 0 Å². The van der Waals surface area contributed by atoms with Crippen LogP contribution in [0, 0.1) is 0 Å². The third-order valence-electron chi connectivity index (χ3n) is 3.46. The quantitative estimate of drug-likeness (QED) is 0.848. The Morgan fingerprint density at radius 2 is 2.00 bits per heavy atom. The van der Waals surface area contributed by atoms with Gasteiger partial charge in [-0.1, -0.05) is 12.1 Å². The number of ether oxygens (including phenoxy) is 1. The summed E-state index contributed by atoms with van der Waals surface area (Å²) in [7, 11) is 1.61. The number of aromatic nitrogens is 1. The van der Waals surface area contributed by atoms with Gasteiger partial charge in [0, 0.05) is 18.0 Å². The van der Waals surface area contributed by atoms with Crippen molar-refractivity contribution >= 4 is 23.2 Å². The zero-order valence-electron chi connectivity index (χ0n) is 12.7. The van der Waals surface area contributed by atoms with Crippen molar-refractivity contribution in [3.05, 3.63) is 45.9 Å². The van der Waals surface area contributed by atoms with Crippen LogP contribution in [0.15, 0.2) is 29.6 Å². The standard InChI is InChI=1S/C16H17N3O3S/c1-22-12-6-2-10(3-7-12)8-17-14(20)13-9-23-16(19-13)15(21)18-11-4-5-11/h2-3,6-7,9,11H,4-5,8H2,1H3,(H,17,20)(H,18,21). The highest BCUT2D eigenvalue weighted by atomic mass is 32.1. The first-order valence-electron chi connectivity index (χ1n) is 7.33. The van der Waals surface area contributed by atoms with Gasteiger partial charge in [0.1, 0.15) is 11.4 Å². The summed E-state index contributed by atoms with van der Waals surface area (Å²) in [5.74, 6) is 0.278. The van der Waals surface area contributed by atoms with E-state index in [0.717, 1.165) is 24.2 Å². The molecule has 2 N–H and O–H groups in total. The second-order valence-electron chi connectivity index (χ2n) is 5.32. The van der Waals surface area contributed by atoms with E-state index in [1.54, 1.807) is 12.5 Å². The third-order valence-corrected chi connectivity index (χ3v) is 4.30. The van der Waals surface area contributed by atoms with Crippen molar-refractivity contribution in [3.63, 3.8) is 0 Å². The third kappa shape index (κ3) is 4.07. The predicted octanol–water partition coefficient (Wildman–Crippen LogP) is 1.97. The van der Waals surface area contributed by atoms with Crippen LogP contribution in [0.2, 0.25) is 0 Å². The van der Waals surface area contributed by atoms with E-state index in [0.29, 0.717) is 11.6 Å². The fourth-order valence-corrected chi connectivity index (χ4v) is 2.67. The maximum Gasteiger partial charge on any atom is 0.280 e. The minimum atomic E-state index is -0.289. The number of nitrogens with one attached hydrogen (secondary N) is 2. The molecule has 6 nitrogen and oxygen atoms in total. The number of carbonyl (C=O) groups excluding carboxylic acids is 2. The minimum Gasteiger partial charge on any atom is -0.497 e. The summed E-state index contributed by atoms with van der Waals surface area (Å²) in [4.78, 5) is 28.1. The Labute approximate surface area is 137 Å². The van der Waals surface area contributed by atoms with Gasteiger partial charge in [-0.05, 0) is 30.5 Å². The Balaban J connectivity index is 1.55. The molecule has 0 unspecified atom stereocenters. The Morgan fingerprint density at radius 3 is 2.65 bits per heavy atom. The van der Waals surface area contributed by atoms with Crippen LogP contribution in [0.3, 0.4) is 0 Å². The molecule has 1 fully saturated rings. The number of amides is 2. The molecule has 0 atom stereocenters. The molecular weight excluding hydrogens is 314 g/mol. The zero-order chi connectivity index (χ0) is 16.2. The number of nitrogens with zero attached hydrogens (tertiary/aromatic N) is 1. The number of carbonyl (C=O) groups is 2. The molecule has 1 saturated carbocycles. The van der Waals surface area contributed by atoms with Gasteiger partial charge in [0.25, 0.3) is 11.8 Å². The molecule has 7 heteroatoms. The Hall–Kier alpha value is -2.41. The molecule has 1 aromatic heterocycles. The molecular formula is C16H17N3O3S. The lowest BCUT2D eigenvalue weighted by atomic mass is 10.2. The molecule has 3 rings (SSSR count). The van der Waals surface area contributed by atoms with Crippen LogP contribution in [0.1, 0.15) is 38.7 Å². The summed E-state index contributed by atoms with van der Waals surface area (Å²) in [5, 5.41) is 7.58. The van der Waals surface area contributed by atoms with Gasteiger partial charge in [0.2, 0.25) is 0 Å². The second kappa shape index (κ2) is 6.78. The van der Waals surface area contributed by atoms with Gasteiger partial charge < -0.3 is 15.4 Å². The average molecular weight is 331 g/mol. The smallest absolute Gasteiger partial charge is 0.280 e. The lowest BCUT2D eigenvalue weighted by Gasteiger charge is -2.05. The van der Waals surface area contributed by atoms with Crippen molar-refractivity contribution in [2.75, 3.05) is 7.11 Å². The lowest BCUT2D eigenvalue weighted by molar-refractivity contribution is 0.0945. The second-order valence-corrected chi connectivity index (χ2v) is 6.17. The van der Waals surface area contributed by atoms with Gasteiger partial charge >= 0.3 is 0 Å². The topological polar surface area (TPSA) is 80.3 Å². The highest BCUT2D eigenvalue weighted by Crippen LogP contribution is 2.20. The van der Waals surface area contributed by atoms with E-state index in [4.69, 9.17) is 4.74 Å². The van der Waals surface area contributed by atoms with E-state index in [1.165, 1.54) is 11.3 Å². The highest BCUT2D eigenvalue weighted by molar-refractivity contribution is 7.11. The first-order chi connectivity index (χ1) is 11.2. The fourth-order valence-electron chi connectivity index (χ4n) is 1.97. The summed E-state index contributed by atoms with van der Waals surface area (Å²) in [5.41, 5.74) is 1.23. The Kier molecular flexibility index (Phi) is 4.57. The average Bonchev–Trinajstić information content (AvgIpc) is 3.24. The number of hydrogen-bond donors (Lipinski definition) is 2. The predicted molar refractivity (Wildman–Crippen MR) is 86.8 cm³/mol. The Morgan fingerprint density at radius 1 is 1.26 bits per heavy atom. The molecule has 1 aliphatic carbocycles. The van der Waals surface area contributed by atoms with Crippen LogP contribution in [0.25, 0.3) is 0 Å². The summed E-state index contributed by atoms with van der Waals surface area (Å²) in [6.07, 6.45) is 2.04. The van der Waals surface area contributed by atoms with Gasteiger partial charge in [-0.25, -0.2) is 4.98 Å². The van der Waals surface area contributed by atoms with E-state index in [9.17, 15) is 9.59 Å². The SMILES string of the molecule is COc1ccc(CNC(=O)c2csc(C(=O)NC3CC3)n2)cc1. The maximum absolute atomic E-state index is 12.1. The summed E-state index contributed by atoms with van der Waals surface area (Å²) >= 11 is 1.18. The van der Waals surface area contributed by atoms with Crippen molar-refractivity contribution in [2.45, 2.75) is 25.4 Å². The van der Waals surface area contributed by atoms with Crippen molar-refractivity contribution in [1.82, 2.24) is 15.6 Å². The lowest BCUT2D eigenvalue weighted by Crippen LogP contribution is -2.26. The van der Waals surface area contributed by atoms with Gasteiger partial charge in [-0.3, -0.25) is 9.59 Å². The van der Waals surface area contributed by atoms with Crippen molar-refractivity contribution in [3.8, 4) is 5.75 Å². The minimum absolute atomic E-state index is 0.202. The number of hydrogen-bond acceptors (Lipinski definition) is 5. The van der Waals surface area contributed by atoms with Crippen LogP contribution in [-0.4, -0.2) is 29.9 Å². The molecule has 23 heavy (non-hydrogen) atoms. The molecule has 0 aliphatic heterocycles. The summed E-state index contributed by atoms with van der Waals surface area (Å²) in [6.45, 7) is 0.393. The molecule has 0 saturated heterocycles. The molecule has 2 amide bonds. The van der Waals surface area contributed by atoms with Crippen molar-refractivity contribution < 1.29 is 14.3 Å². The van der Waals surface area contributed by atoms with Gasteiger partial charge in [0.15, 0.2) is 5.01 Å². The van der Waals surface area contributed by atoms with Crippen LogP contribution in [-0.2, 0) is 6.54 Å². The molecule has 1 aromatic carbocycles. The first-order valence-corrected chi connectivity index (χ1v) is 8.21. The molecule has 0 spiro atoms. The first kappa shape index (κ1) is 15.5. The van der Waals surface area contributed by atoms with Gasteiger partial charge in [0.05, 0.1) is 7.11 Å². The van der Waals surface area contributed by atoms with Crippen LogP contribution in [0.4, 0.5) is 0 Å². The summed E-state index contributed by atoms with van der Waals surface area (Å²) in [6, 6.07) is 7.72. The number of benzene rings is 1.